The molecule has 1 aromatic heterocycles. The second-order valence-corrected chi connectivity index (χ2v) is 7.90. The van der Waals surface area contributed by atoms with Gasteiger partial charge in [0.25, 0.3) is 5.69 Å². The predicted molar refractivity (Wildman–Crippen MR) is 125 cm³/mol. The molecule has 0 N–H and O–H groups in total. The summed E-state index contributed by atoms with van der Waals surface area (Å²) < 4.78 is 11.8. The number of hydrogen-bond donors (Lipinski definition) is 0. The van der Waals surface area contributed by atoms with E-state index in [1.807, 2.05) is 51.1 Å². The van der Waals surface area contributed by atoms with Gasteiger partial charge in [-0.05, 0) is 56.2 Å². The first kappa shape index (κ1) is 22.0. The summed E-state index contributed by atoms with van der Waals surface area (Å²) in [6.45, 7) is 5.37. The topological polar surface area (TPSA) is 99.7 Å². The van der Waals surface area contributed by atoms with Gasteiger partial charge in [0.05, 0.1) is 10.3 Å². The van der Waals surface area contributed by atoms with Crippen molar-refractivity contribution in [2.75, 3.05) is 6.61 Å². The van der Waals surface area contributed by atoms with Gasteiger partial charge in [-0.25, -0.2) is 0 Å². The van der Waals surface area contributed by atoms with Crippen LogP contribution in [0.3, 0.4) is 0 Å². The average molecular weight is 443 g/mol. The van der Waals surface area contributed by atoms with Crippen LogP contribution in [0.1, 0.15) is 27.0 Å². The molecule has 0 radical (unpaired) electrons. The second kappa shape index (κ2) is 8.70. The van der Waals surface area contributed by atoms with E-state index in [2.05, 4.69) is 0 Å². The summed E-state index contributed by atoms with van der Waals surface area (Å²) >= 11 is 0. The Hall–Kier alpha value is -4.26. The number of nitro groups is 1. The molecule has 166 valence electrons. The average Bonchev–Trinajstić information content (AvgIpc) is 2.80. The number of non-ortho nitro benzene ring substituents is 1. The molecule has 0 unspecified atom stereocenters. The lowest BCUT2D eigenvalue weighted by Crippen LogP contribution is -2.17. The Morgan fingerprint density at radius 2 is 1.61 bits per heavy atom. The first-order valence-corrected chi connectivity index (χ1v) is 10.3. The Morgan fingerprint density at radius 1 is 0.970 bits per heavy atom. The van der Waals surface area contributed by atoms with Crippen LogP contribution in [0, 0.1) is 30.9 Å². The first-order valence-electron chi connectivity index (χ1n) is 10.3. The van der Waals surface area contributed by atoms with Crippen molar-refractivity contribution in [2.45, 2.75) is 20.8 Å². The van der Waals surface area contributed by atoms with Gasteiger partial charge in [0.15, 0.2) is 18.2 Å². The van der Waals surface area contributed by atoms with Crippen molar-refractivity contribution in [1.29, 1.82) is 0 Å². The van der Waals surface area contributed by atoms with Crippen molar-refractivity contribution in [3.63, 3.8) is 0 Å². The molecule has 0 saturated heterocycles. The van der Waals surface area contributed by atoms with E-state index in [0.717, 1.165) is 16.7 Å². The molecule has 1 heterocycles. The van der Waals surface area contributed by atoms with Gasteiger partial charge in [-0.3, -0.25) is 19.7 Å². The Kier molecular flexibility index (Phi) is 5.79. The fourth-order valence-electron chi connectivity index (χ4n) is 3.45. The minimum atomic E-state index is -0.539. The van der Waals surface area contributed by atoms with E-state index in [1.165, 1.54) is 24.3 Å². The number of benzene rings is 3. The summed E-state index contributed by atoms with van der Waals surface area (Å²) in [5.74, 6) is -0.226. The van der Waals surface area contributed by atoms with Gasteiger partial charge >= 0.3 is 0 Å². The first-order chi connectivity index (χ1) is 15.7. The van der Waals surface area contributed by atoms with Crippen LogP contribution in [-0.4, -0.2) is 17.3 Å². The van der Waals surface area contributed by atoms with Crippen LogP contribution in [0.4, 0.5) is 5.69 Å². The highest BCUT2D eigenvalue weighted by Gasteiger charge is 2.20. The van der Waals surface area contributed by atoms with Crippen LogP contribution in [0.15, 0.2) is 69.9 Å². The summed E-state index contributed by atoms with van der Waals surface area (Å²) in [5.41, 5.74) is 3.82. The number of Topliss-reactive ketones (excluding diaryl/α,β-unsaturated/α-hetero) is 1. The number of carbonyl (C=O) groups is 1. The molecule has 0 spiro atoms. The lowest BCUT2D eigenvalue weighted by Gasteiger charge is -2.13. The van der Waals surface area contributed by atoms with E-state index >= 15 is 0 Å². The van der Waals surface area contributed by atoms with Crippen molar-refractivity contribution in [2.24, 2.45) is 0 Å². The maximum atomic E-state index is 13.4. The lowest BCUT2D eigenvalue weighted by molar-refractivity contribution is -0.384. The standard InChI is InChI=1S/C26H21NO6/c1-15-4-6-19(7-5-15)25-26(24(29)21-12-16(2)17(3)13-23(21)33-25)32-14-22(28)18-8-10-20(11-9-18)27(30)31/h4-13H,14H2,1-3H3. The highest BCUT2D eigenvalue weighted by Crippen LogP contribution is 2.32. The zero-order chi connectivity index (χ0) is 23.7. The van der Waals surface area contributed by atoms with Gasteiger partial charge < -0.3 is 9.15 Å². The van der Waals surface area contributed by atoms with Crippen molar-refractivity contribution >= 4 is 22.4 Å². The number of nitrogens with zero attached hydrogens (tertiary/aromatic N) is 1. The highest BCUT2D eigenvalue weighted by molar-refractivity contribution is 5.97. The molecule has 0 atom stereocenters. The summed E-state index contributed by atoms with van der Waals surface area (Å²) in [5, 5.41) is 11.2. The Balaban J connectivity index is 1.75. The Bertz CT molecular complexity index is 1430. The molecule has 0 saturated carbocycles. The summed E-state index contributed by atoms with van der Waals surface area (Å²) in [7, 11) is 0. The molecular weight excluding hydrogens is 422 g/mol. The van der Waals surface area contributed by atoms with Gasteiger partial charge in [0, 0.05) is 23.3 Å². The molecule has 0 fully saturated rings. The Morgan fingerprint density at radius 3 is 2.24 bits per heavy atom. The SMILES string of the molecule is Cc1ccc(-c2oc3cc(C)c(C)cc3c(=O)c2OCC(=O)c2ccc([N+](=O)[O-])cc2)cc1. The van der Waals surface area contributed by atoms with Gasteiger partial charge in [0.2, 0.25) is 11.2 Å². The molecule has 4 rings (SSSR count). The summed E-state index contributed by atoms with van der Waals surface area (Å²) in [4.78, 5) is 36.3. The van der Waals surface area contributed by atoms with Crippen LogP contribution < -0.4 is 10.2 Å². The van der Waals surface area contributed by atoms with E-state index in [1.54, 1.807) is 6.07 Å². The van der Waals surface area contributed by atoms with Crippen LogP contribution in [0.2, 0.25) is 0 Å². The molecule has 0 aliphatic rings. The molecule has 7 heteroatoms. The van der Waals surface area contributed by atoms with E-state index in [9.17, 15) is 19.7 Å². The third kappa shape index (κ3) is 4.39. The van der Waals surface area contributed by atoms with Gasteiger partial charge in [-0.1, -0.05) is 29.8 Å². The smallest absolute Gasteiger partial charge is 0.269 e. The zero-order valence-corrected chi connectivity index (χ0v) is 18.4. The molecule has 3 aromatic carbocycles. The van der Waals surface area contributed by atoms with Crippen LogP contribution >= 0.6 is 0 Å². The van der Waals surface area contributed by atoms with Gasteiger partial charge in [-0.2, -0.15) is 0 Å². The van der Waals surface area contributed by atoms with Gasteiger partial charge in [-0.15, -0.1) is 0 Å². The number of aryl methyl sites for hydroxylation is 3. The van der Waals surface area contributed by atoms with Gasteiger partial charge in [0.1, 0.15) is 5.58 Å². The molecule has 7 nitrogen and oxygen atoms in total. The number of hydrogen-bond acceptors (Lipinski definition) is 6. The maximum absolute atomic E-state index is 13.4. The number of nitro benzene ring substituents is 1. The molecule has 4 aromatic rings. The second-order valence-electron chi connectivity index (χ2n) is 7.90. The molecule has 0 amide bonds. The minimum Gasteiger partial charge on any atom is -0.478 e. The molecule has 0 aliphatic carbocycles. The quantitative estimate of drug-likeness (QED) is 0.220. The lowest BCUT2D eigenvalue weighted by atomic mass is 10.0. The number of ether oxygens (including phenoxy) is 1. The van der Waals surface area contributed by atoms with E-state index in [0.29, 0.717) is 16.5 Å². The van der Waals surface area contributed by atoms with E-state index in [-0.39, 0.29) is 28.2 Å². The molecule has 0 bridgehead atoms. The molecule has 0 aliphatic heterocycles. The monoisotopic (exact) mass is 443 g/mol. The number of carbonyl (C=O) groups excluding carboxylic acids is 1. The normalized spacial score (nSPS) is 10.9. The van der Waals surface area contributed by atoms with Crippen molar-refractivity contribution in [3.8, 4) is 17.1 Å². The number of fused-ring (bicyclic) bond motifs is 1. The maximum Gasteiger partial charge on any atom is 0.269 e. The van der Waals surface area contributed by atoms with E-state index < -0.39 is 17.3 Å². The third-order valence-corrected chi connectivity index (χ3v) is 5.53. The molecule has 33 heavy (non-hydrogen) atoms. The minimum absolute atomic E-state index is 0.0510. The molecular formula is C26H21NO6. The fourth-order valence-corrected chi connectivity index (χ4v) is 3.45. The van der Waals surface area contributed by atoms with Crippen LogP contribution in [0.5, 0.6) is 5.75 Å². The predicted octanol–water partition coefficient (Wildman–Crippen LogP) is 5.56. The van der Waals surface area contributed by atoms with E-state index in [4.69, 9.17) is 9.15 Å². The fraction of sp³-hybridized carbons (Fsp3) is 0.154. The zero-order valence-electron chi connectivity index (χ0n) is 18.4. The number of ketones is 1. The number of rotatable bonds is 6. The van der Waals surface area contributed by atoms with Crippen molar-refractivity contribution in [1.82, 2.24) is 0 Å². The van der Waals surface area contributed by atoms with Crippen molar-refractivity contribution < 1.29 is 18.9 Å². The largest absolute Gasteiger partial charge is 0.478 e. The van der Waals surface area contributed by atoms with Crippen molar-refractivity contribution in [3.05, 3.63) is 103 Å². The Labute approximate surface area is 189 Å². The third-order valence-electron chi connectivity index (χ3n) is 5.53. The van der Waals surface area contributed by atoms with Crippen LogP contribution in [-0.2, 0) is 0 Å². The highest BCUT2D eigenvalue weighted by atomic mass is 16.6. The summed E-state index contributed by atoms with van der Waals surface area (Å²) in [6, 6.07) is 16.2. The summed E-state index contributed by atoms with van der Waals surface area (Å²) in [6.07, 6.45) is 0. The van der Waals surface area contributed by atoms with Crippen LogP contribution in [0.25, 0.3) is 22.3 Å².